The summed E-state index contributed by atoms with van der Waals surface area (Å²) in [7, 11) is 1.63. The maximum absolute atomic E-state index is 6.08. The Balaban J connectivity index is 1.55. The third kappa shape index (κ3) is 3.80. The fourth-order valence-corrected chi connectivity index (χ4v) is 2.82. The molecular formula is C17H18N4O2S. The van der Waals surface area contributed by atoms with Gasteiger partial charge in [0.2, 0.25) is 5.16 Å². The zero-order valence-electron chi connectivity index (χ0n) is 13.3. The van der Waals surface area contributed by atoms with Crippen molar-refractivity contribution in [3.63, 3.8) is 0 Å². The Bertz CT molecular complexity index is 792. The lowest BCUT2D eigenvalue weighted by Gasteiger charge is -2.07. The summed E-state index contributed by atoms with van der Waals surface area (Å²) >= 11 is 1.50. The third-order valence-electron chi connectivity index (χ3n) is 3.32. The van der Waals surface area contributed by atoms with Crippen molar-refractivity contribution in [2.24, 2.45) is 0 Å². The van der Waals surface area contributed by atoms with Crippen LogP contribution in [0.15, 0.2) is 59.8 Å². The zero-order chi connectivity index (χ0) is 16.8. The highest BCUT2D eigenvalue weighted by molar-refractivity contribution is 7.99. The van der Waals surface area contributed by atoms with Crippen LogP contribution in [0.5, 0.6) is 11.5 Å². The van der Waals surface area contributed by atoms with Crippen molar-refractivity contribution in [1.82, 2.24) is 14.9 Å². The summed E-state index contributed by atoms with van der Waals surface area (Å²) in [6, 6.07) is 17.3. The second kappa shape index (κ2) is 7.74. The molecule has 0 radical (unpaired) electrons. The van der Waals surface area contributed by atoms with E-state index < -0.39 is 0 Å². The number of aromatic nitrogens is 3. The lowest BCUT2D eigenvalue weighted by molar-refractivity contribution is 0.339. The smallest absolute Gasteiger partial charge is 0.210 e. The van der Waals surface area contributed by atoms with Crippen LogP contribution in [0.2, 0.25) is 0 Å². The summed E-state index contributed by atoms with van der Waals surface area (Å²) in [5.41, 5.74) is 0.937. The lowest BCUT2D eigenvalue weighted by atomic mass is 10.2. The highest BCUT2D eigenvalue weighted by Crippen LogP contribution is 2.22. The Morgan fingerprint density at radius 1 is 1.04 bits per heavy atom. The van der Waals surface area contributed by atoms with Gasteiger partial charge in [-0.25, -0.2) is 4.68 Å². The zero-order valence-corrected chi connectivity index (χ0v) is 14.1. The Morgan fingerprint density at radius 3 is 2.62 bits per heavy atom. The Kier molecular flexibility index (Phi) is 5.22. The van der Waals surface area contributed by atoms with Gasteiger partial charge in [0.15, 0.2) is 5.82 Å². The molecule has 0 saturated heterocycles. The number of rotatable bonds is 7. The molecule has 0 aliphatic rings. The van der Waals surface area contributed by atoms with Crippen LogP contribution in [0.25, 0.3) is 11.4 Å². The summed E-state index contributed by atoms with van der Waals surface area (Å²) in [5, 5.41) is 8.95. The van der Waals surface area contributed by atoms with Gasteiger partial charge in [-0.05, 0) is 12.1 Å². The molecule has 1 aromatic heterocycles. The van der Waals surface area contributed by atoms with Gasteiger partial charge in [-0.1, -0.05) is 48.2 Å². The van der Waals surface area contributed by atoms with Crippen molar-refractivity contribution in [2.45, 2.75) is 5.16 Å². The molecule has 24 heavy (non-hydrogen) atoms. The van der Waals surface area contributed by atoms with Gasteiger partial charge in [0.25, 0.3) is 0 Å². The first-order valence-corrected chi connectivity index (χ1v) is 8.42. The lowest BCUT2D eigenvalue weighted by Crippen LogP contribution is -2.12. The van der Waals surface area contributed by atoms with Gasteiger partial charge in [0, 0.05) is 17.4 Å². The predicted octanol–water partition coefficient (Wildman–Crippen LogP) is 2.84. The van der Waals surface area contributed by atoms with Crippen LogP contribution in [0.4, 0.5) is 0 Å². The Morgan fingerprint density at radius 2 is 1.83 bits per heavy atom. The van der Waals surface area contributed by atoms with E-state index in [-0.39, 0.29) is 0 Å². The normalized spacial score (nSPS) is 10.5. The molecule has 0 unspecified atom stereocenters. The van der Waals surface area contributed by atoms with Gasteiger partial charge >= 0.3 is 0 Å². The fraction of sp³-hybridized carbons (Fsp3) is 0.176. The minimum absolute atomic E-state index is 0.533. The number of nitrogen functional groups attached to an aromatic ring is 1. The first kappa shape index (κ1) is 16.2. The molecule has 7 heteroatoms. The highest BCUT2D eigenvalue weighted by Gasteiger charge is 2.11. The maximum atomic E-state index is 6.08. The van der Waals surface area contributed by atoms with E-state index in [1.54, 1.807) is 7.11 Å². The SMILES string of the molecule is COc1cccc(OCCSc2nnc(-c3ccccc3)n2N)c1. The Labute approximate surface area is 144 Å². The van der Waals surface area contributed by atoms with E-state index >= 15 is 0 Å². The van der Waals surface area contributed by atoms with Crippen molar-refractivity contribution in [1.29, 1.82) is 0 Å². The molecule has 3 aromatic rings. The number of nitrogens with two attached hydrogens (primary N) is 1. The van der Waals surface area contributed by atoms with Crippen LogP contribution in [-0.4, -0.2) is 34.3 Å². The molecule has 0 atom stereocenters. The average Bonchev–Trinajstić information content (AvgIpc) is 3.00. The van der Waals surface area contributed by atoms with E-state index in [0.717, 1.165) is 17.1 Å². The second-order valence-electron chi connectivity index (χ2n) is 4.92. The third-order valence-corrected chi connectivity index (χ3v) is 4.23. The minimum Gasteiger partial charge on any atom is -0.497 e. The molecule has 2 N–H and O–H groups in total. The molecule has 6 nitrogen and oxygen atoms in total. The molecule has 0 bridgehead atoms. The number of hydrogen-bond donors (Lipinski definition) is 1. The molecular weight excluding hydrogens is 324 g/mol. The summed E-state index contributed by atoms with van der Waals surface area (Å²) in [4.78, 5) is 0. The number of ether oxygens (including phenoxy) is 2. The van der Waals surface area contributed by atoms with Crippen LogP contribution in [0.3, 0.4) is 0 Å². The van der Waals surface area contributed by atoms with E-state index in [9.17, 15) is 0 Å². The van der Waals surface area contributed by atoms with Gasteiger partial charge in [-0.15, -0.1) is 10.2 Å². The number of benzene rings is 2. The fourth-order valence-electron chi connectivity index (χ4n) is 2.14. The molecule has 2 aromatic carbocycles. The largest absolute Gasteiger partial charge is 0.497 e. The van der Waals surface area contributed by atoms with Gasteiger partial charge < -0.3 is 15.3 Å². The molecule has 0 amide bonds. The van der Waals surface area contributed by atoms with Gasteiger partial charge in [-0.3, -0.25) is 0 Å². The minimum atomic E-state index is 0.533. The maximum Gasteiger partial charge on any atom is 0.210 e. The molecule has 1 heterocycles. The number of hydrogen-bond acceptors (Lipinski definition) is 6. The molecule has 0 spiro atoms. The van der Waals surface area contributed by atoms with Crippen molar-refractivity contribution in [3.8, 4) is 22.9 Å². The van der Waals surface area contributed by atoms with Crippen LogP contribution in [0.1, 0.15) is 0 Å². The van der Waals surface area contributed by atoms with Crippen LogP contribution in [0, 0.1) is 0 Å². The van der Waals surface area contributed by atoms with Crippen molar-refractivity contribution in [2.75, 3.05) is 25.3 Å². The quantitative estimate of drug-likeness (QED) is 0.404. The topological polar surface area (TPSA) is 75.2 Å². The molecule has 0 fully saturated rings. The molecule has 124 valence electrons. The van der Waals surface area contributed by atoms with Crippen molar-refractivity contribution in [3.05, 3.63) is 54.6 Å². The van der Waals surface area contributed by atoms with E-state index in [1.807, 2.05) is 54.6 Å². The molecule has 0 saturated carbocycles. The van der Waals surface area contributed by atoms with E-state index in [1.165, 1.54) is 16.4 Å². The van der Waals surface area contributed by atoms with E-state index in [0.29, 0.717) is 23.3 Å². The first-order valence-electron chi connectivity index (χ1n) is 7.43. The number of nitrogens with zero attached hydrogens (tertiary/aromatic N) is 3. The second-order valence-corrected chi connectivity index (χ2v) is 5.98. The first-order chi connectivity index (χ1) is 11.8. The van der Waals surface area contributed by atoms with Crippen LogP contribution >= 0.6 is 11.8 Å². The van der Waals surface area contributed by atoms with E-state index in [2.05, 4.69) is 10.2 Å². The van der Waals surface area contributed by atoms with Gasteiger partial charge in [-0.2, -0.15) is 0 Å². The predicted molar refractivity (Wildman–Crippen MR) is 94.8 cm³/mol. The molecule has 3 rings (SSSR count). The Hall–Kier alpha value is -2.67. The van der Waals surface area contributed by atoms with Crippen LogP contribution < -0.4 is 15.3 Å². The van der Waals surface area contributed by atoms with Gasteiger partial charge in [0.05, 0.1) is 13.7 Å². The summed E-state index contributed by atoms with van der Waals surface area (Å²) < 4.78 is 12.4. The molecule has 0 aliphatic heterocycles. The van der Waals surface area contributed by atoms with Crippen molar-refractivity contribution >= 4 is 11.8 Å². The summed E-state index contributed by atoms with van der Waals surface area (Å²) in [6.07, 6.45) is 0. The number of methoxy groups -OCH3 is 1. The average molecular weight is 342 g/mol. The number of thioether (sulfide) groups is 1. The monoisotopic (exact) mass is 342 g/mol. The van der Waals surface area contributed by atoms with E-state index in [4.69, 9.17) is 15.3 Å². The summed E-state index contributed by atoms with van der Waals surface area (Å²) in [5.74, 6) is 8.98. The summed E-state index contributed by atoms with van der Waals surface area (Å²) in [6.45, 7) is 0.533. The molecule has 0 aliphatic carbocycles. The van der Waals surface area contributed by atoms with Gasteiger partial charge in [0.1, 0.15) is 11.5 Å². The van der Waals surface area contributed by atoms with Crippen molar-refractivity contribution < 1.29 is 9.47 Å². The standard InChI is InChI=1S/C17H18N4O2S/c1-22-14-8-5-9-15(12-14)23-10-11-24-17-20-19-16(21(17)18)13-6-3-2-4-7-13/h2-9,12H,10-11,18H2,1H3. The highest BCUT2D eigenvalue weighted by atomic mass is 32.2. The van der Waals surface area contributed by atoms with Crippen LogP contribution in [-0.2, 0) is 0 Å².